The standard InChI is InChI=1S/C9H9N3S/c1-6-7(2-11-3-8(6)10)9-4-12-5-13-9/h2-5H,10H2,1H3. The Kier molecular flexibility index (Phi) is 1.98. The minimum Gasteiger partial charge on any atom is -0.397 e. The van der Waals surface area contributed by atoms with Crippen molar-refractivity contribution in [2.75, 3.05) is 5.73 Å². The van der Waals surface area contributed by atoms with E-state index in [9.17, 15) is 0 Å². The van der Waals surface area contributed by atoms with Gasteiger partial charge >= 0.3 is 0 Å². The van der Waals surface area contributed by atoms with E-state index in [0.29, 0.717) is 0 Å². The first-order chi connectivity index (χ1) is 6.29. The molecule has 0 aliphatic carbocycles. The van der Waals surface area contributed by atoms with Gasteiger partial charge in [-0.3, -0.25) is 9.97 Å². The zero-order valence-electron chi connectivity index (χ0n) is 7.19. The minimum atomic E-state index is 0.728. The third-order valence-electron chi connectivity index (χ3n) is 1.95. The minimum absolute atomic E-state index is 0.728. The maximum atomic E-state index is 5.75. The van der Waals surface area contributed by atoms with Gasteiger partial charge in [-0.05, 0) is 12.5 Å². The summed E-state index contributed by atoms with van der Waals surface area (Å²) in [5, 5.41) is 0. The molecule has 0 aliphatic rings. The van der Waals surface area contributed by atoms with Crippen molar-refractivity contribution < 1.29 is 0 Å². The Morgan fingerprint density at radius 1 is 1.23 bits per heavy atom. The van der Waals surface area contributed by atoms with Crippen molar-refractivity contribution in [2.45, 2.75) is 6.92 Å². The maximum Gasteiger partial charge on any atom is 0.0797 e. The lowest BCUT2D eigenvalue weighted by atomic mass is 10.1. The molecule has 0 saturated heterocycles. The summed E-state index contributed by atoms with van der Waals surface area (Å²) >= 11 is 1.59. The summed E-state index contributed by atoms with van der Waals surface area (Å²) in [5.41, 5.74) is 10.4. The van der Waals surface area contributed by atoms with Crippen LogP contribution in [-0.4, -0.2) is 9.97 Å². The van der Waals surface area contributed by atoms with E-state index in [4.69, 9.17) is 5.73 Å². The number of nitrogens with two attached hydrogens (primary N) is 1. The Hall–Kier alpha value is -1.42. The van der Waals surface area contributed by atoms with Gasteiger partial charge in [0.05, 0.1) is 22.3 Å². The molecule has 0 radical (unpaired) electrons. The predicted molar refractivity (Wildman–Crippen MR) is 54.5 cm³/mol. The lowest BCUT2D eigenvalue weighted by molar-refractivity contribution is 1.29. The zero-order valence-corrected chi connectivity index (χ0v) is 8.01. The summed E-state index contributed by atoms with van der Waals surface area (Å²) in [7, 11) is 0. The summed E-state index contributed by atoms with van der Waals surface area (Å²) in [5.74, 6) is 0. The summed E-state index contributed by atoms with van der Waals surface area (Å²) in [6.07, 6.45) is 5.31. The van der Waals surface area contributed by atoms with Crippen molar-refractivity contribution >= 4 is 17.0 Å². The zero-order chi connectivity index (χ0) is 9.26. The average molecular weight is 191 g/mol. The monoisotopic (exact) mass is 191 g/mol. The first kappa shape index (κ1) is 8.19. The second-order valence-electron chi connectivity index (χ2n) is 2.77. The second-order valence-corrected chi connectivity index (χ2v) is 3.65. The van der Waals surface area contributed by atoms with Gasteiger partial charge in [0.25, 0.3) is 0 Å². The highest BCUT2D eigenvalue weighted by Gasteiger charge is 2.05. The first-order valence-corrected chi connectivity index (χ1v) is 4.76. The highest BCUT2D eigenvalue weighted by atomic mass is 32.1. The average Bonchev–Trinajstić information content (AvgIpc) is 2.62. The van der Waals surface area contributed by atoms with E-state index >= 15 is 0 Å². The van der Waals surface area contributed by atoms with Gasteiger partial charge in [0, 0.05) is 18.0 Å². The van der Waals surface area contributed by atoms with Crippen LogP contribution in [0.25, 0.3) is 10.4 Å². The summed E-state index contributed by atoms with van der Waals surface area (Å²) < 4.78 is 0. The SMILES string of the molecule is Cc1c(N)cncc1-c1cncs1. The number of hydrogen-bond donors (Lipinski definition) is 1. The molecule has 0 bridgehead atoms. The van der Waals surface area contributed by atoms with Gasteiger partial charge < -0.3 is 5.73 Å². The fourth-order valence-electron chi connectivity index (χ4n) is 1.14. The fraction of sp³-hybridized carbons (Fsp3) is 0.111. The topological polar surface area (TPSA) is 51.8 Å². The normalized spacial score (nSPS) is 10.2. The number of rotatable bonds is 1. The first-order valence-electron chi connectivity index (χ1n) is 3.88. The fourth-order valence-corrected chi connectivity index (χ4v) is 1.83. The molecule has 4 heteroatoms. The van der Waals surface area contributed by atoms with E-state index in [2.05, 4.69) is 9.97 Å². The molecule has 3 nitrogen and oxygen atoms in total. The number of aromatic nitrogens is 2. The van der Waals surface area contributed by atoms with Crippen LogP contribution in [0.4, 0.5) is 5.69 Å². The molecule has 0 aliphatic heterocycles. The third-order valence-corrected chi connectivity index (χ3v) is 2.76. The van der Waals surface area contributed by atoms with E-state index < -0.39 is 0 Å². The quantitative estimate of drug-likeness (QED) is 0.751. The molecule has 0 amide bonds. The van der Waals surface area contributed by atoms with Crippen LogP contribution in [0.2, 0.25) is 0 Å². The summed E-state index contributed by atoms with van der Waals surface area (Å²) in [6.45, 7) is 1.99. The van der Waals surface area contributed by atoms with Crippen LogP contribution in [0, 0.1) is 6.92 Å². The van der Waals surface area contributed by atoms with Gasteiger partial charge in [0.1, 0.15) is 0 Å². The van der Waals surface area contributed by atoms with Crippen LogP contribution in [0.3, 0.4) is 0 Å². The van der Waals surface area contributed by atoms with Crippen LogP contribution >= 0.6 is 11.3 Å². The summed E-state index contributed by atoms with van der Waals surface area (Å²) in [6, 6.07) is 0. The van der Waals surface area contributed by atoms with Crippen LogP contribution < -0.4 is 5.73 Å². The van der Waals surface area contributed by atoms with Gasteiger partial charge in [-0.15, -0.1) is 11.3 Å². The van der Waals surface area contributed by atoms with Crippen LogP contribution in [-0.2, 0) is 0 Å². The highest BCUT2D eigenvalue weighted by molar-refractivity contribution is 7.13. The van der Waals surface area contributed by atoms with E-state index in [1.165, 1.54) is 0 Å². The van der Waals surface area contributed by atoms with Crippen molar-refractivity contribution in [1.29, 1.82) is 0 Å². The highest BCUT2D eigenvalue weighted by Crippen LogP contribution is 2.28. The number of anilines is 1. The van der Waals surface area contributed by atoms with Crippen LogP contribution in [0.15, 0.2) is 24.1 Å². The molecule has 0 unspecified atom stereocenters. The molecule has 0 fully saturated rings. The molecule has 2 N–H and O–H groups in total. The van der Waals surface area contributed by atoms with E-state index in [1.807, 2.05) is 19.3 Å². The number of thiazole rings is 1. The molecule has 0 saturated carbocycles. The predicted octanol–water partition coefficient (Wildman–Crippen LogP) is 2.10. The lowest BCUT2D eigenvalue weighted by Crippen LogP contribution is -1.92. The van der Waals surface area contributed by atoms with E-state index in [-0.39, 0.29) is 0 Å². The van der Waals surface area contributed by atoms with Crippen molar-refractivity contribution in [3.63, 3.8) is 0 Å². The molecular weight excluding hydrogens is 182 g/mol. The molecule has 66 valence electrons. The van der Waals surface area contributed by atoms with E-state index in [0.717, 1.165) is 21.7 Å². The van der Waals surface area contributed by atoms with Gasteiger partial charge in [0.15, 0.2) is 0 Å². The molecule has 0 aromatic carbocycles. The molecule has 2 aromatic heterocycles. The van der Waals surface area contributed by atoms with Gasteiger partial charge in [-0.1, -0.05) is 0 Å². The molecule has 13 heavy (non-hydrogen) atoms. The third kappa shape index (κ3) is 1.40. The van der Waals surface area contributed by atoms with Crippen LogP contribution in [0.1, 0.15) is 5.56 Å². The summed E-state index contributed by atoms with van der Waals surface area (Å²) in [4.78, 5) is 9.18. The van der Waals surface area contributed by atoms with Crippen molar-refractivity contribution in [3.8, 4) is 10.4 Å². The van der Waals surface area contributed by atoms with Crippen molar-refractivity contribution in [2.24, 2.45) is 0 Å². The van der Waals surface area contributed by atoms with Gasteiger partial charge in [0.2, 0.25) is 0 Å². The lowest BCUT2D eigenvalue weighted by Gasteiger charge is -2.03. The van der Waals surface area contributed by atoms with Gasteiger partial charge in [-0.25, -0.2) is 0 Å². The number of hydrogen-bond acceptors (Lipinski definition) is 4. The van der Waals surface area contributed by atoms with Crippen molar-refractivity contribution in [3.05, 3.63) is 29.7 Å². The molecule has 0 spiro atoms. The molecule has 2 heterocycles. The van der Waals surface area contributed by atoms with E-state index in [1.54, 1.807) is 23.0 Å². The molecule has 2 rings (SSSR count). The molecular formula is C9H9N3S. The second kappa shape index (κ2) is 3.14. The number of pyridine rings is 1. The van der Waals surface area contributed by atoms with Crippen molar-refractivity contribution in [1.82, 2.24) is 9.97 Å². The number of nitrogen functional groups attached to an aromatic ring is 1. The Bertz CT molecular complexity index is 409. The Labute approximate surface area is 80.3 Å². The largest absolute Gasteiger partial charge is 0.397 e. The Morgan fingerprint density at radius 2 is 2.08 bits per heavy atom. The number of nitrogens with zero attached hydrogens (tertiary/aromatic N) is 2. The Morgan fingerprint density at radius 3 is 2.77 bits per heavy atom. The van der Waals surface area contributed by atoms with Gasteiger partial charge in [-0.2, -0.15) is 0 Å². The maximum absolute atomic E-state index is 5.75. The van der Waals surface area contributed by atoms with Crippen LogP contribution in [0.5, 0.6) is 0 Å². The molecule has 2 aromatic rings. The molecule has 0 atom stereocenters. The smallest absolute Gasteiger partial charge is 0.0797 e. The Balaban J connectivity index is 2.59.